The van der Waals surface area contributed by atoms with Gasteiger partial charge in [-0.2, -0.15) is 0 Å². The summed E-state index contributed by atoms with van der Waals surface area (Å²) in [6.07, 6.45) is 6.39. The van der Waals surface area contributed by atoms with Crippen molar-refractivity contribution in [2.24, 2.45) is 5.41 Å². The Bertz CT molecular complexity index is 665. The molecule has 0 spiro atoms. The Morgan fingerprint density at radius 2 is 2.08 bits per heavy atom. The van der Waals surface area contributed by atoms with Crippen molar-refractivity contribution in [3.8, 4) is 0 Å². The number of nitrogens with zero attached hydrogens (tertiary/aromatic N) is 1. The summed E-state index contributed by atoms with van der Waals surface area (Å²) in [6.45, 7) is 12.2. The molecule has 1 aromatic rings. The molecule has 1 atom stereocenters. The number of anilines is 2. The number of nitrogens with one attached hydrogen (secondary N) is 2. The highest BCUT2D eigenvalue weighted by atomic mass is 16.2. The van der Waals surface area contributed by atoms with E-state index in [2.05, 4.69) is 29.0 Å². The van der Waals surface area contributed by atoms with Gasteiger partial charge in [0.15, 0.2) is 0 Å². The van der Waals surface area contributed by atoms with Crippen LogP contribution in [-0.2, 0) is 4.79 Å². The molecule has 1 saturated carbocycles. The third kappa shape index (κ3) is 3.11. The van der Waals surface area contributed by atoms with Gasteiger partial charge >= 0.3 is 0 Å². The SMILES string of the molecule is C=C1C(=O)Nc2c(/C=C/C)cccc2N1C(NC)C1(C)CC1.CC.[HH]. The molecule has 1 aliphatic carbocycles. The second-order valence-electron chi connectivity index (χ2n) is 6.36. The molecule has 2 N–H and O–H groups in total. The van der Waals surface area contributed by atoms with Gasteiger partial charge in [-0.3, -0.25) is 10.1 Å². The monoisotopic (exact) mass is 329 g/mol. The molecular formula is C20H31N3O. The van der Waals surface area contributed by atoms with Gasteiger partial charge in [-0.25, -0.2) is 0 Å². The number of allylic oxidation sites excluding steroid dienone is 1. The van der Waals surface area contributed by atoms with Crippen molar-refractivity contribution in [2.45, 2.75) is 46.7 Å². The van der Waals surface area contributed by atoms with Crippen molar-refractivity contribution in [1.82, 2.24) is 5.32 Å². The van der Waals surface area contributed by atoms with Crippen LogP contribution in [0.1, 0.15) is 47.5 Å². The lowest BCUT2D eigenvalue weighted by Gasteiger charge is -2.41. The van der Waals surface area contributed by atoms with Crippen molar-refractivity contribution in [2.75, 3.05) is 17.3 Å². The fourth-order valence-corrected chi connectivity index (χ4v) is 3.21. The minimum absolute atomic E-state index is 0. The zero-order valence-corrected chi connectivity index (χ0v) is 15.4. The van der Waals surface area contributed by atoms with Crippen molar-refractivity contribution in [3.63, 3.8) is 0 Å². The van der Waals surface area contributed by atoms with E-state index in [1.165, 1.54) is 0 Å². The van der Waals surface area contributed by atoms with E-state index >= 15 is 0 Å². The largest absolute Gasteiger partial charge is 0.319 e. The number of fused-ring (bicyclic) bond motifs is 1. The Morgan fingerprint density at radius 3 is 2.62 bits per heavy atom. The minimum Gasteiger partial charge on any atom is -0.319 e. The quantitative estimate of drug-likeness (QED) is 0.793. The van der Waals surface area contributed by atoms with Crippen molar-refractivity contribution in [1.29, 1.82) is 0 Å². The van der Waals surface area contributed by atoms with Gasteiger partial charge in [0.25, 0.3) is 5.91 Å². The average molecular weight is 329 g/mol. The maximum absolute atomic E-state index is 12.4. The van der Waals surface area contributed by atoms with Gasteiger partial charge in [0, 0.05) is 6.84 Å². The number of amides is 1. The zero-order chi connectivity index (χ0) is 17.9. The van der Waals surface area contributed by atoms with E-state index in [9.17, 15) is 4.79 Å². The summed E-state index contributed by atoms with van der Waals surface area (Å²) in [4.78, 5) is 14.5. The highest BCUT2D eigenvalue weighted by Gasteiger charge is 2.49. The summed E-state index contributed by atoms with van der Waals surface area (Å²) in [5.74, 6) is -0.131. The lowest BCUT2D eigenvalue weighted by Crippen LogP contribution is -2.52. The molecule has 1 aromatic carbocycles. The minimum atomic E-state index is -0.131. The van der Waals surface area contributed by atoms with E-state index in [4.69, 9.17) is 0 Å². The summed E-state index contributed by atoms with van der Waals surface area (Å²) in [6, 6.07) is 6.08. The predicted octanol–water partition coefficient (Wildman–Crippen LogP) is 4.61. The zero-order valence-electron chi connectivity index (χ0n) is 15.4. The summed E-state index contributed by atoms with van der Waals surface area (Å²) in [5, 5.41) is 6.37. The van der Waals surface area contributed by atoms with Crippen LogP contribution >= 0.6 is 0 Å². The van der Waals surface area contributed by atoms with Gasteiger partial charge in [-0.05, 0) is 38.4 Å². The molecule has 1 heterocycles. The normalized spacial score (nSPS) is 19.3. The van der Waals surface area contributed by atoms with Gasteiger partial charge < -0.3 is 10.2 Å². The van der Waals surface area contributed by atoms with Crippen LogP contribution in [0, 0.1) is 5.41 Å². The van der Waals surface area contributed by atoms with Crippen LogP contribution in [0.5, 0.6) is 0 Å². The Balaban J connectivity index is 0.00000101. The highest BCUT2D eigenvalue weighted by molar-refractivity contribution is 6.12. The molecule has 3 rings (SSSR count). The summed E-state index contributed by atoms with van der Waals surface area (Å²) >= 11 is 0. The van der Waals surface area contributed by atoms with Crippen molar-refractivity contribution >= 4 is 23.4 Å². The Labute approximate surface area is 147 Å². The number of carbonyl (C=O) groups excluding carboxylic acids is 1. The Morgan fingerprint density at radius 1 is 1.42 bits per heavy atom. The third-order valence-corrected chi connectivity index (χ3v) is 4.70. The van der Waals surface area contributed by atoms with E-state index < -0.39 is 0 Å². The van der Waals surface area contributed by atoms with Crippen LogP contribution in [0.15, 0.2) is 36.6 Å². The van der Waals surface area contributed by atoms with E-state index in [0.29, 0.717) is 5.70 Å². The first-order valence-electron chi connectivity index (χ1n) is 8.74. The molecule has 132 valence electrons. The molecular weight excluding hydrogens is 298 g/mol. The second kappa shape index (κ2) is 7.22. The molecule has 1 amide bonds. The summed E-state index contributed by atoms with van der Waals surface area (Å²) in [7, 11) is 1.95. The van der Waals surface area contributed by atoms with Gasteiger partial charge in [0.1, 0.15) is 5.70 Å². The summed E-state index contributed by atoms with van der Waals surface area (Å²) in [5.41, 5.74) is 3.57. The topological polar surface area (TPSA) is 44.4 Å². The molecule has 1 aliphatic heterocycles. The van der Waals surface area contributed by atoms with Gasteiger partial charge in [-0.1, -0.05) is 51.6 Å². The molecule has 24 heavy (non-hydrogen) atoms. The first kappa shape index (κ1) is 18.3. The number of hydrogen-bond donors (Lipinski definition) is 2. The molecule has 1 fully saturated rings. The molecule has 1 unspecified atom stereocenters. The molecule has 2 aliphatic rings. The molecule has 4 nitrogen and oxygen atoms in total. The van der Waals surface area contributed by atoms with Gasteiger partial charge in [-0.15, -0.1) is 0 Å². The fraction of sp³-hybridized carbons (Fsp3) is 0.450. The maximum Gasteiger partial charge on any atom is 0.271 e. The molecule has 0 radical (unpaired) electrons. The number of para-hydroxylation sites is 1. The summed E-state index contributed by atoms with van der Waals surface area (Å²) < 4.78 is 0. The van der Waals surface area contributed by atoms with Crippen LogP contribution < -0.4 is 15.5 Å². The first-order valence-corrected chi connectivity index (χ1v) is 8.74. The highest BCUT2D eigenvalue weighted by Crippen LogP contribution is 2.52. The maximum atomic E-state index is 12.4. The van der Waals surface area contributed by atoms with Crippen molar-refractivity contribution in [3.05, 3.63) is 42.1 Å². The number of benzene rings is 1. The van der Waals surface area contributed by atoms with Crippen molar-refractivity contribution < 1.29 is 6.22 Å². The van der Waals surface area contributed by atoms with Crippen LogP contribution in [0.3, 0.4) is 0 Å². The lowest BCUT2D eigenvalue weighted by atomic mass is 9.99. The molecule has 0 aromatic heterocycles. The molecule has 0 bridgehead atoms. The smallest absolute Gasteiger partial charge is 0.271 e. The van der Waals surface area contributed by atoms with Crippen LogP contribution in [0.2, 0.25) is 0 Å². The van der Waals surface area contributed by atoms with Gasteiger partial charge in [0.2, 0.25) is 0 Å². The molecule has 0 saturated heterocycles. The van der Waals surface area contributed by atoms with E-state index in [-0.39, 0.29) is 18.9 Å². The van der Waals surface area contributed by atoms with E-state index in [1.807, 2.05) is 58.2 Å². The Kier molecular flexibility index (Phi) is 5.50. The van der Waals surface area contributed by atoms with Gasteiger partial charge in [0.05, 0.1) is 17.5 Å². The standard InChI is InChI=1S/C18H23N3O.C2H6.H2/c1-5-7-13-8-6-9-14-15(13)20-16(22)12(2)21(14)17(19-4)18(3)10-11-18;1-2;/h5-9,17,19H,2,10-11H2,1,3-4H3,(H,20,22);1-2H3;1H/b7-5+;;. The fourth-order valence-electron chi connectivity index (χ4n) is 3.21. The number of carbonyl (C=O) groups is 1. The Hall–Kier alpha value is -2.07. The van der Waals surface area contributed by atoms with E-state index in [1.54, 1.807) is 0 Å². The third-order valence-electron chi connectivity index (χ3n) is 4.70. The predicted molar refractivity (Wildman–Crippen MR) is 105 cm³/mol. The average Bonchev–Trinajstić information content (AvgIpc) is 3.33. The molecule has 4 heteroatoms. The number of hydrogen-bond acceptors (Lipinski definition) is 3. The first-order chi connectivity index (χ1) is 11.5. The van der Waals surface area contributed by atoms with Crippen LogP contribution in [0.25, 0.3) is 6.08 Å². The van der Waals surface area contributed by atoms with Crippen LogP contribution in [-0.4, -0.2) is 19.1 Å². The van der Waals surface area contributed by atoms with E-state index in [0.717, 1.165) is 29.8 Å². The number of rotatable bonds is 4. The lowest BCUT2D eigenvalue weighted by molar-refractivity contribution is -0.113. The van der Waals surface area contributed by atoms with Crippen LogP contribution in [0.4, 0.5) is 11.4 Å². The second-order valence-corrected chi connectivity index (χ2v) is 6.36.